The molecule has 2 aromatic rings. The molecule has 32 heavy (non-hydrogen) atoms. The highest BCUT2D eigenvalue weighted by Gasteiger charge is 2.37. The Hall–Kier alpha value is -2.82. The maximum Gasteiger partial charge on any atom is 0.335 e. The molecule has 0 radical (unpaired) electrons. The van der Waals surface area contributed by atoms with Crippen molar-refractivity contribution in [2.45, 2.75) is 77.6 Å². The van der Waals surface area contributed by atoms with E-state index >= 15 is 0 Å². The number of aromatic carboxylic acids is 1. The van der Waals surface area contributed by atoms with E-state index in [2.05, 4.69) is 52.1 Å². The second kappa shape index (κ2) is 9.35. The molecule has 0 unspecified atom stereocenters. The van der Waals surface area contributed by atoms with Crippen molar-refractivity contribution in [3.05, 3.63) is 59.2 Å². The summed E-state index contributed by atoms with van der Waals surface area (Å²) in [4.78, 5) is 26.2. The summed E-state index contributed by atoms with van der Waals surface area (Å²) in [6.45, 7) is 11.8. The number of carboxylic acid groups (broad SMARTS) is 1. The number of fused-ring (bicyclic) bond motifs is 1. The number of anilines is 2. The van der Waals surface area contributed by atoms with E-state index in [4.69, 9.17) is 0 Å². The van der Waals surface area contributed by atoms with Crippen molar-refractivity contribution in [1.82, 2.24) is 0 Å². The van der Waals surface area contributed by atoms with E-state index in [0.29, 0.717) is 12.2 Å². The number of carbonyl (C=O) groups is 2. The van der Waals surface area contributed by atoms with Crippen LogP contribution < -0.4 is 10.2 Å². The zero-order chi connectivity index (χ0) is 23.5. The van der Waals surface area contributed by atoms with Gasteiger partial charge in [0, 0.05) is 17.9 Å². The molecule has 0 fully saturated rings. The minimum absolute atomic E-state index is 0.0685. The molecular formula is C27H36N2O3. The number of nitrogens with one attached hydrogen (secondary N) is 1. The Kier molecular flexibility index (Phi) is 6.97. The molecule has 1 aliphatic rings. The monoisotopic (exact) mass is 436 g/mol. The summed E-state index contributed by atoms with van der Waals surface area (Å²) in [6, 6.07) is 12.6. The largest absolute Gasteiger partial charge is 0.478 e. The molecule has 0 aliphatic heterocycles. The van der Waals surface area contributed by atoms with Gasteiger partial charge in [0.2, 0.25) is 0 Å². The summed E-state index contributed by atoms with van der Waals surface area (Å²) in [5.41, 5.74) is 4.56. The van der Waals surface area contributed by atoms with Crippen molar-refractivity contribution in [3.63, 3.8) is 0 Å². The number of unbranched alkanes of at least 4 members (excludes halogenated alkanes) is 2. The van der Waals surface area contributed by atoms with Crippen molar-refractivity contribution in [3.8, 4) is 0 Å². The number of hydrogen-bond donors (Lipinski definition) is 2. The van der Waals surface area contributed by atoms with Gasteiger partial charge in [-0.1, -0.05) is 53.5 Å². The molecule has 3 rings (SSSR count). The molecule has 1 aliphatic carbocycles. The predicted molar refractivity (Wildman–Crippen MR) is 131 cm³/mol. The number of carboxylic acids is 1. The van der Waals surface area contributed by atoms with Crippen LogP contribution in [-0.2, 0) is 10.8 Å². The maximum atomic E-state index is 13.3. The Labute approximate surface area is 191 Å². The lowest BCUT2D eigenvalue weighted by molar-refractivity contribution is 0.0697. The van der Waals surface area contributed by atoms with Gasteiger partial charge < -0.3 is 10.4 Å². The molecular weight excluding hydrogens is 400 g/mol. The molecule has 2 amide bonds. The van der Waals surface area contributed by atoms with Gasteiger partial charge in [-0.25, -0.2) is 9.59 Å². The molecule has 2 aromatic carbocycles. The van der Waals surface area contributed by atoms with E-state index in [9.17, 15) is 14.7 Å². The third-order valence-electron chi connectivity index (χ3n) is 6.76. The van der Waals surface area contributed by atoms with Gasteiger partial charge in [-0.05, 0) is 77.6 Å². The van der Waals surface area contributed by atoms with Gasteiger partial charge in [0.15, 0.2) is 0 Å². The lowest BCUT2D eigenvalue weighted by atomic mass is 9.63. The van der Waals surface area contributed by atoms with Crippen LogP contribution in [-0.4, -0.2) is 23.7 Å². The summed E-state index contributed by atoms with van der Waals surface area (Å²) in [6.07, 6.45) is 5.23. The fourth-order valence-electron chi connectivity index (χ4n) is 4.51. The Morgan fingerprint density at radius 3 is 2.16 bits per heavy atom. The van der Waals surface area contributed by atoms with Crippen molar-refractivity contribution in [1.29, 1.82) is 0 Å². The van der Waals surface area contributed by atoms with E-state index in [1.807, 2.05) is 6.07 Å². The van der Waals surface area contributed by atoms with Gasteiger partial charge in [-0.3, -0.25) is 4.90 Å². The van der Waals surface area contributed by atoms with Gasteiger partial charge in [-0.15, -0.1) is 0 Å². The third-order valence-corrected chi connectivity index (χ3v) is 6.76. The standard InChI is InChI=1S/C27H36N2O3/c1-6-7-8-17-29(21-12-9-19(10-13-21)24(30)31)25(32)28-20-11-14-22-23(18-20)27(4,5)16-15-26(22,2)3/h9-14,18H,6-8,15-17H2,1-5H3,(H,28,32)(H,30,31). The first-order chi connectivity index (χ1) is 15.0. The van der Waals surface area contributed by atoms with Crippen LogP contribution in [0.25, 0.3) is 0 Å². The lowest BCUT2D eigenvalue weighted by Gasteiger charge is -2.42. The number of urea groups is 1. The summed E-state index contributed by atoms with van der Waals surface area (Å²) in [5, 5.41) is 12.3. The molecule has 0 atom stereocenters. The summed E-state index contributed by atoms with van der Waals surface area (Å²) >= 11 is 0. The highest BCUT2D eigenvalue weighted by molar-refractivity contribution is 6.02. The second-order valence-corrected chi connectivity index (χ2v) is 10.2. The SMILES string of the molecule is CCCCCN(C(=O)Nc1ccc2c(c1)C(C)(C)CCC2(C)C)c1ccc(C(=O)O)cc1. The van der Waals surface area contributed by atoms with E-state index in [-0.39, 0.29) is 22.4 Å². The molecule has 5 heteroatoms. The van der Waals surface area contributed by atoms with Crippen molar-refractivity contribution in [2.75, 3.05) is 16.8 Å². The number of nitrogens with zero attached hydrogens (tertiary/aromatic N) is 1. The highest BCUT2D eigenvalue weighted by atomic mass is 16.4. The topological polar surface area (TPSA) is 69.6 Å². The van der Waals surface area contributed by atoms with Crippen LogP contribution in [0.3, 0.4) is 0 Å². The first-order valence-corrected chi connectivity index (χ1v) is 11.6. The van der Waals surface area contributed by atoms with Crippen molar-refractivity contribution in [2.24, 2.45) is 0 Å². The normalized spacial score (nSPS) is 16.2. The molecule has 0 saturated carbocycles. The highest BCUT2D eigenvalue weighted by Crippen LogP contribution is 2.46. The Morgan fingerprint density at radius 2 is 1.56 bits per heavy atom. The van der Waals surface area contributed by atoms with Crippen LogP contribution >= 0.6 is 0 Å². The van der Waals surface area contributed by atoms with Gasteiger partial charge in [-0.2, -0.15) is 0 Å². The van der Waals surface area contributed by atoms with Crippen molar-refractivity contribution < 1.29 is 14.7 Å². The summed E-state index contributed by atoms with van der Waals surface area (Å²) < 4.78 is 0. The molecule has 0 heterocycles. The minimum Gasteiger partial charge on any atom is -0.478 e. The quantitative estimate of drug-likeness (QED) is 0.461. The number of carbonyl (C=O) groups excluding carboxylic acids is 1. The van der Waals surface area contributed by atoms with Gasteiger partial charge in [0.1, 0.15) is 0 Å². The molecule has 5 nitrogen and oxygen atoms in total. The zero-order valence-corrected chi connectivity index (χ0v) is 20.0. The minimum atomic E-state index is -0.974. The molecule has 172 valence electrons. The fourth-order valence-corrected chi connectivity index (χ4v) is 4.51. The molecule has 0 saturated heterocycles. The molecule has 2 N–H and O–H groups in total. The summed E-state index contributed by atoms with van der Waals surface area (Å²) in [5.74, 6) is -0.974. The molecule has 0 bridgehead atoms. The summed E-state index contributed by atoms with van der Waals surface area (Å²) in [7, 11) is 0. The van der Waals surface area contributed by atoms with Crippen LogP contribution in [0.4, 0.5) is 16.2 Å². The van der Waals surface area contributed by atoms with Crippen LogP contribution in [0, 0.1) is 0 Å². The zero-order valence-electron chi connectivity index (χ0n) is 20.0. The lowest BCUT2D eigenvalue weighted by Crippen LogP contribution is -2.36. The first kappa shape index (κ1) is 23.8. The Balaban J connectivity index is 1.86. The average molecular weight is 437 g/mol. The number of rotatable bonds is 7. The van der Waals surface area contributed by atoms with E-state index in [1.165, 1.54) is 11.1 Å². The second-order valence-electron chi connectivity index (χ2n) is 10.2. The van der Waals surface area contributed by atoms with Crippen LogP contribution in [0.1, 0.15) is 88.2 Å². The Bertz CT molecular complexity index is 977. The first-order valence-electron chi connectivity index (χ1n) is 11.6. The number of amides is 2. The van der Waals surface area contributed by atoms with Gasteiger partial charge >= 0.3 is 12.0 Å². The van der Waals surface area contributed by atoms with Crippen molar-refractivity contribution >= 4 is 23.4 Å². The van der Waals surface area contributed by atoms with Crippen LogP contribution in [0.15, 0.2) is 42.5 Å². The predicted octanol–water partition coefficient (Wildman–Crippen LogP) is 6.96. The maximum absolute atomic E-state index is 13.3. The van der Waals surface area contributed by atoms with Crippen LogP contribution in [0.2, 0.25) is 0 Å². The van der Waals surface area contributed by atoms with Crippen LogP contribution in [0.5, 0.6) is 0 Å². The van der Waals surface area contributed by atoms with E-state index < -0.39 is 5.97 Å². The molecule has 0 spiro atoms. The fraction of sp³-hybridized carbons (Fsp3) is 0.481. The Morgan fingerprint density at radius 1 is 0.938 bits per heavy atom. The molecule has 0 aromatic heterocycles. The van der Waals surface area contributed by atoms with E-state index in [1.54, 1.807) is 29.2 Å². The van der Waals surface area contributed by atoms with Gasteiger partial charge in [0.05, 0.1) is 5.56 Å². The van der Waals surface area contributed by atoms with Gasteiger partial charge in [0.25, 0.3) is 0 Å². The third kappa shape index (κ3) is 5.14. The smallest absolute Gasteiger partial charge is 0.335 e. The van der Waals surface area contributed by atoms with E-state index in [0.717, 1.165) is 37.8 Å². The number of hydrogen-bond acceptors (Lipinski definition) is 2. The number of benzene rings is 2. The average Bonchev–Trinajstić information content (AvgIpc) is 2.74.